The highest BCUT2D eigenvalue weighted by Crippen LogP contribution is 2.38. The molecule has 186 valence electrons. The van der Waals surface area contributed by atoms with Crippen molar-refractivity contribution in [1.29, 1.82) is 0 Å². The van der Waals surface area contributed by atoms with E-state index in [1.165, 1.54) is 18.4 Å². The Morgan fingerprint density at radius 2 is 1.42 bits per heavy atom. The monoisotopic (exact) mass is 521 g/mol. The van der Waals surface area contributed by atoms with Crippen LogP contribution in [0.25, 0.3) is 21.1 Å². The normalized spacial score (nSPS) is 15.2. The third-order valence-corrected chi connectivity index (χ3v) is 8.05. The Morgan fingerprint density at radius 1 is 0.833 bits per heavy atom. The number of ether oxygens (including phenoxy) is 1. The maximum atomic E-state index is 6.09. The van der Waals surface area contributed by atoms with Crippen molar-refractivity contribution in [3.8, 4) is 21.1 Å². The van der Waals surface area contributed by atoms with Crippen LogP contribution in [0.3, 0.4) is 0 Å². The third-order valence-electron chi connectivity index (χ3n) is 6.78. The number of benzene rings is 3. The van der Waals surface area contributed by atoms with E-state index in [4.69, 9.17) is 21.2 Å². The van der Waals surface area contributed by atoms with Crippen molar-refractivity contribution in [2.75, 3.05) is 32.2 Å². The quantitative estimate of drug-likeness (QED) is 0.189. The fraction of sp³-hybridized carbons (Fsp3) is 0.286. The van der Waals surface area contributed by atoms with Crippen molar-refractivity contribution in [2.24, 2.45) is 0 Å². The molecular weight excluding hydrogens is 494 g/mol. The molecule has 0 N–H and O–H groups in total. The van der Waals surface area contributed by atoms with Gasteiger partial charge in [0.15, 0.2) is 0 Å². The summed E-state index contributed by atoms with van der Waals surface area (Å²) in [6.07, 6.45) is 1.84. The molecule has 6 nitrogen and oxygen atoms in total. The van der Waals surface area contributed by atoms with Crippen molar-refractivity contribution >= 4 is 28.6 Å². The van der Waals surface area contributed by atoms with Gasteiger partial charge < -0.3 is 9.64 Å². The first-order valence-corrected chi connectivity index (χ1v) is 13.0. The summed E-state index contributed by atoms with van der Waals surface area (Å²) >= 11 is 7.68. The Morgan fingerprint density at radius 3 is 1.97 bits per heavy atom. The number of piperidine rings is 1. The average molecular weight is 522 g/mol. The van der Waals surface area contributed by atoms with Crippen LogP contribution in [0.5, 0.6) is 0 Å². The predicted molar refractivity (Wildman–Crippen MR) is 144 cm³/mol. The van der Waals surface area contributed by atoms with Gasteiger partial charge in [-0.25, -0.2) is 9.78 Å². The molecular formula is C28H28ClN3O3S. The maximum Gasteiger partial charge on any atom is 0.148 e. The summed E-state index contributed by atoms with van der Waals surface area (Å²) in [7, 11) is 3.31. The van der Waals surface area contributed by atoms with Crippen molar-refractivity contribution in [1.82, 2.24) is 10.2 Å². The molecule has 0 saturated carbocycles. The van der Waals surface area contributed by atoms with E-state index in [9.17, 15) is 0 Å². The summed E-state index contributed by atoms with van der Waals surface area (Å²) in [5.74, 6) is 0. The second-order valence-electron chi connectivity index (χ2n) is 8.78. The van der Waals surface area contributed by atoms with E-state index >= 15 is 0 Å². The van der Waals surface area contributed by atoms with Gasteiger partial charge >= 0.3 is 0 Å². The van der Waals surface area contributed by atoms with E-state index in [1.54, 1.807) is 18.4 Å². The van der Waals surface area contributed by atoms with Crippen LogP contribution in [0.15, 0.2) is 72.8 Å². The number of anilines is 1. The van der Waals surface area contributed by atoms with Crippen molar-refractivity contribution in [2.45, 2.75) is 25.0 Å². The molecule has 3 aromatic carbocycles. The zero-order valence-corrected chi connectivity index (χ0v) is 21.9. The van der Waals surface area contributed by atoms with Gasteiger partial charge in [-0.1, -0.05) is 59.3 Å². The summed E-state index contributed by atoms with van der Waals surface area (Å²) in [5.41, 5.74) is 5.27. The first-order valence-electron chi connectivity index (χ1n) is 11.9. The lowest BCUT2D eigenvalue weighted by molar-refractivity contribution is -0.282. The molecule has 0 spiro atoms. The van der Waals surface area contributed by atoms with E-state index in [1.807, 2.05) is 36.4 Å². The van der Waals surface area contributed by atoms with Crippen LogP contribution in [0, 0.1) is 0 Å². The minimum atomic E-state index is -0.265. The Bertz CT molecular complexity index is 1270. The number of methoxy groups -OCH3 is 1. The van der Waals surface area contributed by atoms with E-state index in [0.29, 0.717) is 6.61 Å². The molecule has 2 heterocycles. The smallest absolute Gasteiger partial charge is 0.148 e. The standard InChI is InChI=1S/C28H28ClN3O3S/c1-33-28(23-9-11-24(29)12-10-23)15-17-32(18-16-28)25-13-7-22(8-14-25)27-31-30-26(36-27)21-5-3-20(4-6-21)19-35-34-2/h3-14H,15-19H2,1-2H3. The highest BCUT2D eigenvalue weighted by Gasteiger charge is 2.36. The van der Waals surface area contributed by atoms with Gasteiger partial charge in [0.2, 0.25) is 0 Å². The summed E-state index contributed by atoms with van der Waals surface area (Å²) in [6, 6.07) is 24.7. The predicted octanol–water partition coefficient (Wildman–Crippen LogP) is 6.75. The second-order valence-corrected chi connectivity index (χ2v) is 10.2. The van der Waals surface area contributed by atoms with Crippen LogP contribution >= 0.6 is 22.9 Å². The van der Waals surface area contributed by atoms with E-state index < -0.39 is 0 Å². The molecule has 0 bridgehead atoms. The van der Waals surface area contributed by atoms with Crippen LogP contribution in [-0.2, 0) is 26.7 Å². The molecule has 1 aliphatic heterocycles. The fourth-order valence-corrected chi connectivity index (χ4v) is 5.61. The number of hydrogen-bond donors (Lipinski definition) is 0. The van der Waals surface area contributed by atoms with Crippen LogP contribution in [-0.4, -0.2) is 37.5 Å². The molecule has 0 unspecified atom stereocenters. The molecule has 0 aliphatic carbocycles. The minimum absolute atomic E-state index is 0.265. The van der Waals surface area contributed by atoms with Gasteiger partial charge in [-0.2, -0.15) is 0 Å². The Hall–Kier alpha value is -2.81. The zero-order valence-electron chi connectivity index (χ0n) is 20.3. The molecule has 1 fully saturated rings. The zero-order chi connectivity index (χ0) is 25.0. The first kappa shape index (κ1) is 24.9. The SMILES string of the molecule is COOCc1ccc(-c2nnc(-c3ccc(N4CCC(OC)(c5ccc(Cl)cc5)CC4)cc3)s2)cc1. The minimum Gasteiger partial charge on any atom is -0.373 e. The van der Waals surface area contributed by atoms with Crippen LogP contribution in [0.4, 0.5) is 5.69 Å². The number of halogens is 1. The lowest BCUT2D eigenvalue weighted by Crippen LogP contribution is -2.43. The summed E-state index contributed by atoms with van der Waals surface area (Å²) in [5, 5.41) is 11.4. The number of rotatable bonds is 8. The number of nitrogens with zero attached hydrogens (tertiary/aromatic N) is 3. The number of aromatic nitrogens is 2. The van der Waals surface area contributed by atoms with Gasteiger partial charge in [0.25, 0.3) is 0 Å². The first-order chi connectivity index (χ1) is 17.6. The van der Waals surface area contributed by atoms with Gasteiger partial charge in [0.1, 0.15) is 16.6 Å². The lowest BCUT2D eigenvalue weighted by Gasteiger charge is -2.42. The van der Waals surface area contributed by atoms with Crippen molar-refractivity contribution in [3.63, 3.8) is 0 Å². The highest BCUT2D eigenvalue weighted by atomic mass is 35.5. The van der Waals surface area contributed by atoms with Crippen LogP contribution in [0.1, 0.15) is 24.0 Å². The highest BCUT2D eigenvalue weighted by molar-refractivity contribution is 7.17. The average Bonchev–Trinajstić information content (AvgIpc) is 3.43. The van der Waals surface area contributed by atoms with Gasteiger partial charge in [0, 0.05) is 42.0 Å². The molecule has 1 aromatic heterocycles. The third kappa shape index (κ3) is 5.31. The topological polar surface area (TPSA) is 56.7 Å². The largest absolute Gasteiger partial charge is 0.373 e. The molecule has 5 rings (SSSR count). The van der Waals surface area contributed by atoms with Gasteiger partial charge in [-0.3, -0.25) is 0 Å². The molecule has 36 heavy (non-hydrogen) atoms. The summed E-state index contributed by atoms with van der Waals surface area (Å²) < 4.78 is 6.03. The molecule has 4 aromatic rings. The lowest BCUT2D eigenvalue weighted by atomic mass is 9.84. The van der Waals surface area contributed by atoms with Gasteiger partial charge in [0.05, 0.1) is 12.7 Å². The van der Waals surface area contributed by atoms with Crippen LogP contribution in [0.2, 0.25) is 5.02 Å². The van der Waals surface area contributed by atoms with Gasteiger partial charge in [-0.05, 0) is 60.4 Å². The Balaban J connectivity index is 1.24. The van der Waals surface area contributed by atoms with E-state index in [-0.39, 0.29) is 5.60 Å². The Labute approximate surface area is 220 Å². The summed E-state index contributed by atoms with van der Waals surface area (Å²) in [6.45, 7) is 2.25. The fourth-order valence-electron chi connectivity index (χ4n) is 4.63. The molecule has 1 saturated heterocycles. The molecule has 1 aliphatic rings. The maximum absolute atomic E-state index is 6.09. The Kier molecular flexibility index (Phi) is 7.65. The number of hydrogen-bond acceptors (Lipinski definition) is 7. The molecule has 0 atom stereocenters. The van der Waals surface area contributed by atoms with E-state index in [0.717, 1.165) is 57.7 Å². The van der Waals surface area contributed by atoms with Crippen molar-refractivity contribution < 1.29 is 14.5 Å². The van der Waals surface area contributed by atoms with Gasteiger partial charge in [-0.15, -0.1) is 10.2 Å². The molecule has 8 heteroatoms. The molecule has 0 radical (unpaired) electrons. The molecule has 0 amide bonds. The summed E-state index contributed by atoms with van der Waals surface area (Å²) in [4.78, 5) is 12.1. The van der Waals surface area contributed by atoms with E-state index in [2.05, 4.69) is 56.4 Å². The van der Waals surface area contributed by atoms with Crippen molar-refractivity contribution in [3.05, 3.63) is 88.9 Å². The second kappa shape index (κ2) is 11.1. The van der Waals surface area contributed by atoms with Crippen LogP contribution < -0.4 is 4.90 Å².